The molecule has 6 heteroatoms. The number of carbonyl (C=O) groups is 1. The number of benzene rings is 2. The Kier molecular flexibility index (Phi) is 5.76. The summed E-state index contributed by atoms with van der Waals surface area (Å²) < 4.78 is 25.7. The molecule has 2 rings (SSSR count). The fourth-order valence-corrected chi connectivity index (χ4v) is 3.18. The van der Waals surface area contributed by atoms with E-state index in [1.165, 1.54) is 11.4 Å². The van der Waals surface area contributed by atoms with Gasteiger partial charge in [-0.1, -0.05) is 48.5 Å². The van der Waals surface area contributed by atoms with Gasteiger partial charge in [0.1, 0.15) is 0 Å². The number of rotatable bonds is 7. The van der Waals surface area contributed by atoms with Crippen molar-refractivity contribution < 1.29 is 13.2 Å². The Morgan fingerprint density at radius 2 is 1.57 bits per heavy atom. The summed E-state index contributed by atoms with van der Waals surface area (Å²) in [4.78, 5) is 11.8. The molecule has 0 aliphatic rings. The average molecular weight is 332 g/mol. The van der Waals surface area contributed by atoms with E-state index in [1.54, 1.807) is 24.3 Å². The van der Waals surface area contributed by atoms with Crippen LogP contribution < -0.4 is 9.62 Å². The van der Waals surface area contributed by atoms with Crippen LogP contribution in [0.2, 0.25) is 0 Å². The van der Waals surface area contributed by atoms with E-state index in [1.807, 2.05) is 36.4 Å². The molecule has 1 N–H and O–H groups in total. The standard InChI is InChI=1S/C17H20N2O3S/c1-19(16-10-6-3-7-11-16)23(21,22)13-12-18-17(20)14-15-8-4-2-5-9-15/h2-11H,12-14H2,1H3,(H,18,20). The molecule has 0 heterocycles. The van der Waals surface area contributed by atoms with Crippen LogP contribution >= 0.6 is 0 Å². The largest absolute Gasteiger partial charge is 0.355 e. The lowest BCUT2D eigenvalue weighted by molar-refractivity contribution is -0.120. The van der Waals surface area contributed by atoms with Crippen molar-refractivity contribution in [3.63, 3.8) is 0 Å². The van der Waals surface area contributed by atoms with Crippen molar-refractivity contribution in [1.29, 1.82) is 0 Å². The maximum absolute atomic E-state index is 12.2. The number of carbonyl (C=O) groups excluding carboxylic acids is 1. The molecule has 0 aliphatic carbocycles. The average Bonchev–Trinajstić information content (AvgIpc) is 2.55. The normalized spacial score (nSPS) is 11.0. The molecule has 0 saturated heterocycles. The van der Waals surface area contributed by atoms with E-state index in [4.69, 9.17) is 0 Å². The number of hydrogen-bond acceptors (Lipinski definition) is 3. The van der Waals surface area contributed by atoms with Gasteiger partial charge in [-0.25, -0.2) is 8.42 Å². The molecule has 0 saturated carbocycles. The summed E-state index contributed by atoms with van der Waals surface area (Å²) in [5.41, 5.74) is 1.50. The van der Waals surface area contributed by atoms with E-state index in [0.29, 0.717) is 5.69 Å². The van der Waals surface area contributed by atoms with Crippen LogP contribution in [-0.2, 0) is 21.2 Å². The molecule has 1 amide bonds. The predicted octanol–water partition coefficient (Wildman–Crippen LogP) is 1.81. The zero-order valence-electron chi connectivity index (χ0n) is 13.0. The molecule has 0 aromatic heterocycles. The van der Waals surface area contributed by atoms with Crippen LogP contribution in [-0.4, -0.2) is 33.7 Å². The van der Waals surface area contributed by atoms with Crippen LogP contribution in [0.25, 0.3) is 0 Å². The van der Waals surface area contributed by atoms with E-state index in [9.17, 15) is 13.2 Å². The van der Waals surface area contributed by atoms with Crippen LogP contribution in [0.5, 0.6) is 0 Å². The van der Waals surface area contributed by atoms with E-state index in [-0.39, 0.29) is 24.6 Å². The van der Waals surface area contributed by atoms with Crippen molar-refractivity contribution in [3.05, 3.63) is 66.2 Å². The molecule has 0 bridgehead atoms. The summed E-state index contributed by atoms with van der Waals surface area (Å²) in [5.74, 6) is -0.326. The monoisotopic (exact) mass is 332 g/mol. The molecule has 5 nitrogen and oxygen atoms in total. The molecular weight excluding hydrogens is 312 g/mol. The van der Waals surface area contributed by atoms with E-state index in [0.717, 1.165) is 5.56 Å². The van der Waals surface area contributed by atoms with E-state index >= 15 is 0 Å². The Morgan fingerprint density at radius 1 is 1.00 bits per heavy atom. The fraction of sp³-hybridized carbons (Fsp3) is 0.235. The van der Waals surface area contributed by atoms with Crippen LogP contribution in [0.4, 0.5) is 5.69 Å². The number of hydrogen-bond donors (Lipinski definition) is 1. The van der Waals surface area contributed by atoms with Gasteiger partial charge in [0, 0.05) is 13.6 Å². The Bertz CT molecular complexity index is 731. The highest BCUT2D eigenvalue weighted by Crippen LogP contribution is 2.14. The summed E-state index contributed by atoms with van der Waals surface area (Å²) in [6.45, 7) is 0.0885. The molecule has 2 aromatic carbocycles. The van der Waals surface area contributed by atoms with Crippen molar-refractivity contribution in [3.8, 4) is 0 Å². The quantitative estimate of drug-likeness (QED) is 0.841. The van der Waals surface area contributed by atoms with Crippen molar-refractivity contribution in [1.82, 2.24) is 5.32 Å². The molecule has 0 atom stereocenters. The van der Waals surface area contributed by atoms with Gasteiger partial charge in [0.2, 0.25) is 15.9 Å². The number of para-hydroxylation sites is 1. The second kappa shape index (κ2) is 7.78. The Morgan fingerprint density at radius 3 is 2.17 bits per heavy atom. The van der Waals surface area contributed by atoms with Crippen LogP contribution in [0.3, 0.4) is 0 Å². The topological polar surface area (TPSA) is 66.5 Å². The Balaban J connectivity index is 1.84. The van der Waals surface area contributed by atoms with Gasteiger partial charge in [-0.05, 0) is 17.7 Å². The lowest BCUT2D eigenvalue weighted by Gasteiger charge is -2.19. The minimum atomic E-state index is -3.46. The number of nitrogens with zero attached hydrogens (tertiary/aromatic N) is 1. The lowest BCUT2D eigenvalue weighted by atomic mass is 10.1. The second-order valence-electron chi connectivity index (χ2n) is 5.13. The van der Waals surface area contributed by atoms with Crippen molar-refractivity contribution in [2.75, 3.05) is 23.7 Å². The summed E-state index contributed by atoms with van der Waals surface area (Å²) in [6, 6.07) is 18.2. The fourth-order valence-electron chi connectivity index (χ4n) is 2.10. The molecule has 0 fully saturated rings. The number of amides is 1. The summed E-state index contributed by atoms with van der Waals surface area (Å²) in [7, 11) is -1.95. The zero-order valence-corrected chi connectivity index (χ0v) is 13.8. The SMILES string of the molecule is CN(c1ccccc1)S(=O)(=O)CCNC(=O)Cc1ccccc1. The smallest absolute Gasteiger partial charge is 0.236 e. The third kappa shape index (κ3) is 5.10. The Labute approximate surface area is 137 Å². The highest BCUT2D eigenvalue weighted by Gasteiger charge is 2.18. The number of nitrogens with one attached hydrogen (secondary N) is 1. The molecule has 0 unspecified atom stereocenters. The molecular formula is C17H20N2O3S. The first-order valence-corrected chi connectivity index (χ1v) is 8.92. The van der Waals surface area contributed by atoms with Crippen molar-refractivity contribution in [2.45, 2.75) is 6.42 Å². The van der Waals surface area contributed by atoms with Gasteiger partial charge in [0.15, 0.2) is 0 Å². The van der Waals surface area contributed by atoms with Gasteiger partial charge in [0.05, 0.1) is 17.9 Å². The summed E-state index contributed by atoms with van der Waals surface area (Å²) in [6.07, 6.45) is 0.245. The van der Waals surface area contributed by atoms with Crippen LogP contribution in [0.1, 0.15) is 5.56 Å². The molecule has 0 spiro atoms. The maximum Gasteiger partial charge on any atom is 0.236 e. The Hall–Kier alpha value is -2.34. The molecule has 23 heavy (non-hydrogen) atoms. The van der Waals surface area contributed by atoms with Crippen LogP contribution in [0.15, 0.2) is 60.7 Å². The van der Waals surface area contributed by atoms with Crippen molar-refractivity contribution >= 4 is 21.6 Å². The first-order valence-electron chi connectivity index (χ1n) is 7.31. The van der Waals surface area contributed by atoms with Gasteiger partial charge in [-0.15, -0.1) is 0 Å². The second-order valence-corrected chi connectivity index (χ2v) is 7.25. The minimum absolute atomic E-state index is 0.0885. The predicted molar refractivity (Wildman–Crippen MR) is 91.8 cm³/mol. The first kappa shape index (κ1) is 17.0. The highest BCUT2D eigenvalue weighted by atomic mass is 32.2. The first-order chi connectivity index (χ1) is 11.0. The molecule has 0 radical (unpaired) electrons. The van der Waals surface area contributed by atoms with E-state index < -0.39 is 10.0 Å². The number of anilines is 1. The lowest BCUT2D eigenvalue weighted by Crippen LogP contribution is -2.36. The van der Waals surface area contributed by atoms with Crippen LogP contribution in [0, 0.1) is 0 Å². The van der Waals surface area contributed by atoms with Gasteiger partial charge < -0.3 is 5.32 Å². The molecule has 2 aromatic rings. The molecule has 0 aliphatic heterocycles. The highest BCUT2D eigenvalue weighted by molar-refractivity contribution is 7.92. The molecule has 122 valence electrons. The van der Waals surface area contributed by atoms with Gasteiger partial charge in [-0.3, -0.25) is 9.10 Å². The van der Waals surface area contributed by atoms with Gasteiger partial charge in [0.25, 0.3) is 0 Å². The summed E-state index contributed by atoms with van der Waals surface area (Å²) in [5, 5.41) is 2.65. The zero-order chi connectivity index (χ0) is 16.7. The summed E-state index contributed by atoms with van der Waals surface area (Å²) >= 11 is 0. The van der Waals surface area contributed by atoms with Crippen molar-refractivity contribution in [2.24, 2.45) is 0 Å². The third-order valence-corrected chi connectivity index (χ3v) is 5.19. The van der Waals surface area contributed by atoms with Gasteiger partial charge >= 0.3 is 0 Å². The third-order valence-electron chi connectivity index (χ3n) is 3.43. The maximum atomic E-state index is 12.2. The van der Waals surface area contributed by atoms with E-state index in [2.05, 4.69) is 5.32 Å². The minimum Gasteiger partial charge on any atom is -0.355 e. The number of sulfonamides is 1. The van der Waals surface area contributed by atoms with Gasteiger partial charge in [-0.2, -0.15) is 0 Å².